The highest BCUT2D eigenvalue weighted by Gasteiger charge is 2.20. The summed E-state index contributed by atoms with van der Waals surface area (Å²) in [4.78, 5) is 19.4. The number of anilines is 1. The van der Waals surface area contributed by atoms with Crippen LogP contribution in [0.3, 0.4) is 0 Å². The van der Waals surface area contributed by atoms with Crippen LogP contribution >= 0.6 is 0 Å². The van der Waals surface area contributed by atoms with E-state index in [1.165, 1.54) is 0 Å². The van der Waals surface area contributed by atoms with Gasteiger partial charge >= 0.3 is 0 Å². The lowest BCUT2D eigenvalue weighted by molar-refractivity contribution is -0.118. The van der Waals surface area contributed by atoms with E-state index in [2.05, 4.69) is 20.5 Å². The van der Waals surface area contributed by atoms with Crippen LogP contribution in [0.5, 0.6) is 0 Å². The van der Waals surface area contributed by atoms with E-state index in [1.807, 2.05) is 25.2 Å². The number of carbonyl (C=O) groups is 1. The van der Waals surface area contributed by atoms with Gasteiger partial charge in [0.05, 0.1) is 11.0 Å². The van der Waals surface area contributed by atoms with E-state index in [4.69, 9.17) is 0 Å². The minimum atomic E-state index is 0.771. The number of aromatic nitrogens is 2. The maximum atomic E-state index is 10.7. The van der Waals surface area contributed by atoms with Gasteiger partial charge in [-0.05, 0) is 12.1 Å². The topological polar surface area (TPSA) is 41.4 Å². The zero-order valence-corrected chi connectivity index (χ0v) is 10.4. The number of piperazine rings is 1. The Hall–Kier alpha value is -2.04. The molecular weight excluding hydrogens is 228 g/mol. The summed E-state index contributed by atoms with van der Waals surface area (Å²) >= 11 is 0. The average Bonchev–Trinajstić information content (AvgIpc) is 2.77. The summed E-state index contributed by atoms with van der Waals surface area (Å²) in [5.41, 5.74) is 2.16. The average molecular weight is 244 g/mol. The van der Waals surface area contributed by atoms with Crippen LogP contribution < -0.4 is 4.90 Å². The number of fused-ring (bicyclic) bond motifs is 1. The van der Waals surface area contributed by atoms with Crippen LogP contribution in [0.2, 0.25) is 0 Å². The summed E-state index contributed by atoms with van der Waals surface area (Å²) in [5, 5.41) is 0. The van der Waals surface area contributed by atoms with Gasteiger partial charge in [0.2, 0.25) is 12.4 Å². The minimum absolute atomic E-state index is 0.771. The maximum Gasteiger partial charge on any atom is 0.209 e. The van der Waals surface area contributed by atoms with Gasteiger partial charge in [-0.3, -0.25) is 4.79 Å². The Morgan fingerprint density at radius 3 is 2.56 bits per heavy atom. The van der Waals surface area contributed by atoms with Crippen molar-refractivity contribution in [1.82, 2.24) is 14.5 Å². The standard InChI is InChI=1S/C13H16N4O/c1-15-12-5-3-2-4-11(12)14-13(15)17-8-6-16(10-18)7-9-17/h2-5,10H,6-9H2,1H3. The number of nitrogens with zero attached hydrogens (tertiary/aromatic N) is 4. The Morgan fingerprint density at radius 1 is 1.17 bits per heavy atom. The van der Waals surface area contributed by atoms with Crippen LogP contribution in [-0.4, -0.2) is 47.0 Å². The van der Waals surface area contributed by atoms with Gasteiger partial charge in [0, 0.05) is 33.2 Å². The molecule has 1 fully saturated rings. The molecule has 1 aromatic heterocycles. The Balaban J connectivity index is 1.91. The third kappa shape index (κ3) is 1.72. The lowest BCUT2D eigenvalue weighted by Crippen LogP contribution is -2.46. The van der Waals surface area contributed by atoms with Gasteiger partial charge in [0.1, 0.15) is 0 Å². The van der Waals surface area contributed by atoms with Crippen molar-refractivity contribution >= 4 is 23.4 Å². The summed E-state index contributed by atoms with van der Waals surface area (Å²) in [6.07, 6.45) is 0.923. The van der Waals surface area contributed by atoms with Crippen molar-refractivity contribution < 1.29 is 4.79 Å². The summed E-state index contributed by atoms with van der Waals surface area (Å²) in [6.45, 7) is 3.23. The van der Waals surface area contributed by atoms with Crippen molar-refractivity contribution in [2.24, 2.45) is 7.05 Å². The Kier molecular flexibility index (Phi) is 2.66. The second-order valence-corrected chi connectivity index (χ2v) is 4.59. The highest BCUT2D eigenvalue weighted by molar-refractivity contribution is 5.78. The fraction of sp³-hybridized carbons (Fsp3) is 0.385. The van der Waals surface area contributed by atoms with Crippen LogP contribution in [0, 0.1) is 0 Å². The van der Waals surface area contributed by atoms with Gasteiger partial charge in [0.25, 0.3) is 0 Å². The Morgan fingerprint density at radius 2 is 1.89 bits per heavy atom. The van der Waals surface area contributed by atoms with Crippen molar-refractivity contribution in [2.45, 2.75) is 0 Å². The molecule has 3 rings (SSSR count). The number of hydrogen-bond acceptors (Lipinski definition) is 3. The summed E-state index contributed by atoms with van der Waals surface area (Å²) in [5.74, 6) is 0.988. The molecule has 0 unspecified atom stereocenters. The molecule has 1 aromatic carbocycles. The van der Waals surface area contributed by atoms with Gasteiger partial charge in [-0.2, -0.15) is 0 Å². The predicted molar refractivity (Wildman–Crippen MR) is 70.6 cm³/mol. The van der Waals surface area contributed by atoms with E-state index in [-0.39, 0.29) is 0 Å². The first kappa shape index (κ1) is 11.1. The summed E-state index contributed by atoms with van der Waals surface area (Å²) in [6, 6.07) is 8.13. The number of imidazole rings is 1. The molecule has 5 nitrogen and oxygen atoms in total. The lowest BCUT2D eigenvalue weighted by Gasteiger charge is -2.33. The fourth-order valence-corrected chi connectivity index (χ4v) is 2.44. The number of amides is 1. The summed E-state index contributed by atoms with van der Waals surface area (Å²) < 4.78 is 2.12. The molecule has 0 atom stereocenters. The lowest BCUT2D eigenvalue weighted by atomic mass is 10.3. The smallest absolute Gasteiger partial charge is 0.209 e. The monoisotopic (exact) mass is 244 g/mol. The van der Waals surface area contributed by atoms with Crippen molar-refractivity contribution in [3.8, 4) is 0 Å². The molecule has 0 bridgehead atoms. The molecule has 0 spiro atoms. The molecule has 1 aliphatic heterocycles. The Labute approximate surface area is 106 Å². The van der Waals surface area contributed by atoms with E-state index in [9.17, 15) is 4.79 Å². The number of carbonyl (C=O) groups excluding carboxylic acids is 1. The molecule has 5 heteroatoms. The quantitative estimate of drug-likeness (QED) is 0.735. The van der Waals surface area contributed by atoms with Gasteiger partial charge in [-0.25, -0.2) is 4.98 Å². The third-order valence-corrected chi connectivity index (χ3v) is 3.51. The fourth-order valence-electron chi connectivity index (χ4n) is 2.44. The van der Waals surface area contributed by atoms with Crippen molar-refractivity contribution in [1.29, 1.82) is 0 Å². The SMILES string of the molecule is Cn1c(N2CCN(C=O)CC2)nc2ccccc21. The number of aryl methyl sites for hydroxylation is 1. The van der Waals surface area contributed by atoms with E-state index >= 15 is 0 Å². The highest BCUT2D eigenvalue weighted by atomic mass is 16.1. The van der Waals surface area contributed by atoms with Gasteiger partial charge in [-0.15, -0.1) is 0 Å². The molecule has 2 aromatic rings. The molecule has 1 aliphatic rings. The van der Waals surface area contributed by atoms with Crippen LogP contribution in [-0.2, 0) is 11.8 Å². The molecule has 0 saturated carbocycles. The molecule has 0 aliphatic carbocycles. The molecular formula is C13H16N4O. The van der Waals surface area contributed by atoms with Gasteiger partial charge in [-0.1, -0.05) is 12.1 Å². The molecule has 1 saturated heterocycles. The zero-order valence-electron chi connectivity index (χ0n) is 10.4. The number of benzene rings is 1. The largest absolute Gasteiger partial charge is 0.342 e. The molecule has 0 N–H and O–H groups in total. The first-order valence-electron chi connectivity index (χ1n) is 6.15. The van der Waals surface area contributed by atoms with E-state index in [0.717, 1.165) is 49.6 Å². The minimum Gasteiger partial charge on any atom is -0.342 e. The van der Waals surface area contributed by atoms with Crippen molar-refractivity contribution in [3.05, 3.63) is 24.3 Å². The number of rotatable bonds is 2. The molecule has 2 heterocycles. The Bertz CT molecular complexity index is 569. The van der Waals surface area contributed by atoms with E-state index in [0.29, 0.717) is 0 Å². The van der Waals surface area contributed by atoms with Gasteiger partial charge in [0.15, 0.2) is 0 Å². The third-order valence-electron chi connectivity index (χ3n) is 3.51. The van der Waals surface area contributed by atoms with Crippen molar-refractivity contribution in [2.75, 3.05) is 31.1 Å². The first-order valence-corrected chi connectivity index (χ1v) is 6.15. The number of para-hydroxylation sites is 2. The first-order chi connectivity index (χ1) is 8.79. The summed E-state index contributed by atoms with van der Waals surface area (Å²) in [7, 11) is 2.04. The van der Waals surface area contributed by atoms with Crippen LogP contribution in [0.1, 0.15) is 0 Å². The molecule has 1 amide bonds. The zero-order chi connectivity index (χ0) is 12.5. The van der Waals surface area contributed by atoms with Crippen LogP contribution in [0.15, 0.2) is 24.3 Å². The van der Waals surface area contributed by atoms with Gasteiger partial charge < -0.3 is 14.4 Å². The normalized spacial score (nSPS) is 16.3. The van der Waals surface area contributed by atoms with Crippen LogP contribution in [0.4, 0.5) is 5.95 Å². The van der Waals surface area contributed by atoms with E-state index < -0.39 is 0 Å². The predicted octanol–water partition coefficient (Wildman–Crippen LogP) is 0.852. The van der Waals surface area contributed by atoms with Crippen LogP contribution in [0.25, 0.3) is 11.0 Å². The molecule has 18 heavy (non-hydrogen) atoms. The number of hydrogen-bond donors (Lipinski definition) is 0. The second-order valence-electron chi connectivity index (χ2n) is 4.59. The molecule has 94 valence electrons. The second kappa shape index (κ2) is 4.33. The maximum absolute atomic E-state index is 10.7. The van der Waals surface area contributed by atoms with E-state index in [1.54, 1.807) is 4.90 Å². The molecule has 0 radical (unpaired) electrons. The highest BCUT2D eigenvalue weighted by Crippen LogP contribution is 2.21. The van der Waals surface area contributed by atoms with Crippen molar-refractivity contribution in [3.63, 3.8) is 0 Å².